The molecule has 170 valence electrons. The number of hydrogen-bond donors (Lipinski definition) is 0. The number of benzene rings is 2. The third-order valence-corrected chi connectivity index (χ3v) is 7.25. The van der Waals surface area contributed by atoms with Crippen LogP contribution in [0.5, 0.6) is 11.5 Å². The maximum absolute atomic E-state index is 12.9. The lowest BCUT2D eigenvalue weighted by molar-refractivity contribution is 0.0475. The molecule has 0 radical (unpaired) electrons. The molecule has 2 aromatic rings. The highest BCUT2D eigenvalue weighted by Crippen LogP contribution is 2.33. The van der Waals surface area contributed by atoms with Gasteiger partial charge in [-0.1, -0.05) is 0 Å². The number of anilines is 1. The molecular weight excluding hydrogens is 436 g/mol. The molecule has 0 spiro atoms. The van der Waals surface area contributed by atoms with E-state index in [2.05, 4.69) is 0 Å². The van der Waals surface area contributed by atoms with Gasteiger partial charge in [0.05, 0.1) is 16.1 Å². The number of ether oxygens (including phenoxy) is 3. The number of nitrogens with zero attached hydrogens (tertiary/aromatic N) is 2. The third kappa shape index (κ3) is 4.28. The van der Waals surface area contributed by atoms with E-state index in [-0.39, 0.29) is 17.3 Å². The number of hydrogen-bond acceptors (Lipinski definition) is 8. The number of sulfonamides is 1. The quantitative estimate of drug-likeness (QED) is 0.458. The van der Waals surface area contributed by atoms with E-state index in [4.69, 9.17) is 14.2 Å². The molecule has 0 amide bonds. The number of esters is 1. The fraction of sp³-hybridized carbons (Fsp3) is 0.364. The summed E-state index contributed by atoms with van der Waals surface area (Å²) >= 11 is 0. The molecule has 2 heterocycles. The Morgan fingerprint density at radius 2 is 1.75 bits per heavy atom. The molecule has 0 saturated carbocycles. The highest BCUT2D eigenvalue weighted by atomic mass is 32.2. The first-order chi connectivity index (χ1) is 15.3. The minimum Gasteiger partial charge on any atom is -0.454 e. The van der Waals surface area contributed by atoms with E-state index in [1.807, 2.05) is 4.90 Å². The molecule has 0 unspecified atom stereocenters. The molecule has 0 atom stereocenters. The summed E-state index contributed by atoms with van der Waals surface area (Å²) in [6.45, 7) is 1.13. The number of Topliss-reactive ketones (excluding diaryl/α,β-unsaturated/α-hetero) is 1. The smallest absolute Gasteiger partial charge is 0.340 e. The molecule has 2 aromatic carbocycles. The van der Waals surface area contributed by atoms with E-state index in [1.165, 1.54) is 26.2 Å². The number of carbonyl (C=O) groups is 2. The Bertz CT molecular complexity index is 1150. The molecule has 0 N–H and O–H groups in total. The Morgan fingerprint density at radius 3 is 2.47 bits per heavy atom. The lowest BCUT2D eigenvalue weighted by atomic mass is 10.1. The van der Waals surface area contributed by atoms with Crippen LogP contribution < -0.4 is 14.4 Å². The van der Waals surface area contributed by atoms with Crippen molar-refractivity contribution in [3.8, 4) is 11.5 Å². The predicted octanol–water partition coefficient (Wildman–Crippen LogP) is 2.31. The van der Waals surface area contributed by atoms with Gasteiger partial charge in [0.15, 0.2) is 23.9 Å². The molecule has 2 aliphatic rings. The Morgan fingerprint density at radius 1 is 1.03 bits per heavy atom. The van der Waals surface area contributed by atoms with Crippen molar-refractivity contribution >= 4 is 27.5 Å². The SMILES string of the molecule is CN(C)S(=O)(=O)c1ccc(N2CCCC2)c(C(=O)OCC(=O)c2ccc3c(c2)OCO3)c1. The van der Waals surface area contributed by atoms with Gasteiger partial charge in [0, 0.05) is 32.7 Å². The van der Waals surface area contributed by atoms with Crippen LogP contribution in [0.3, 0.4) is 0 Å². The van der Waals surface area contributed by atoms with Crippen LogP contribution in [0.4, 0.5) is 5.69 Å². The maximum atomic E-state index is 12.9. The molecule has 0 bridgehead atoms. The van der Waals surface area contributed by atoms with Crippen molar-refractivity contribution in [3.63, 3.8) is 0 Å². The fourth-order valence-corrected chi connectivity index (χ4v) is 4.57. The first-order valence-corrected chi connectivity index (χ1v) is 11.6. The van der Waals surface area contributed by atoms with Gasteiger partial charge in [-0.05, 0) is 49.2 Å². The topological polar surface area (TPSA) is 102 Å². The minimum absolute atomic E-state index is 0.0144. The van der Waals surface area contributed by atoms with Crippen molar-refractivity contribution in [2.45, 2.75) is 17.7 Å². The fourth-order valence-electron chi connectivity index (χ4n) is 3.65. The van der Waals surface area contributed by atoms with Gasteiger partial charge in [-0.15, -0.1) is 0 Å². The molecular formula is C22H24N2O7S. The first-order valence-electron chi connectivity index (χ1n) is 10.2. The van der Waals surface area contributed by atoms with E-state index in [1.54, 1.807) is 24.3 Å². The summed E-state index contributed by atoms with van der Waals surface area (Å²) in [6.07, 6.45) is 1.96. The molecule has 4 rings (SSSR count). The second-order valence-corrected chi connectivity index (χ2v) is 9.88. The van der Waals surface area contributed by atoms with Crippen LogP contribution in [-0.2, 0) is 14.8 Å². The number of rotatable bonds is 7. The number of fused-ring (bicyclic) bond motifs is 1. The Balaban J connectivity index is 1.56. The van der Waals surface area contributed by atoms with Crippen LogP contribution in [0.15, 0.2) is 41.3 Å². The lowest BCUT2D eigenvalue weighted by Crippen LogP contribution is -2.25. The van der Waals surface area contributed by atoms with Gasteiger partial charge in [0.1, 0.15) is 0 Å². The average molecular weight is 461 g/mol. The van der Waals surface area contributed by atoms with Crippen molar-refractivity contribution in [1.82, 2.24) is 4.31 Å². The minimum atomic E-state index is -3.74. The van der Waals surface area contributed by atoms with Crippen LogP contribution in [-0.4, -0.2) is 65.1 Å². The van der Waals surface area contributed by atoms with Gasteiger partial charge in [-0.2, -0.15) is 0 Å². The van der Waals surface area contributed by atoms with Crippen molar-refractivity contribution in [3.05, 3.63) is 47.5 Å². The van der Waals surface area contributed by atoms with Crippen molar-refractivity contribution in [1.29, 1.82) is 0 Å². The van der Waals surface area contributed by atoms with Crippen molar-refractivity contribution in [2.24, 2.45) is 0 Å². The Kier molecular flexibility index (Phi) is 6.07. The number of carbonyl (C=O) groups excluding carboxylic acids is 2. The monoisotopic (exact) mass is 460 g/mol. The molecule has 32 heavy (non-hydrogen) atoms. The van der Waals surface area contributed by atoms with Crippen molar-refractivity contribution < 1.29 is 32.2 Å². The molecule has 1 fully saturated rings. The highest BCUT2D eigenvalue weighted by Gasteiger charge is 2.26. The zero-order valence-corrected chi connectivity index (χ0v) is 18.7. The number of ketones is 1. The standard InChI is InChI=1S/C22H24N2O7S/c1-23(2)32(27,28)16-6-7-18(24-9-3-4-10-24)17(12-16)22(26)29-13-19(25)15-5-8-20-21(11-15)31-14-30-20/h5-8,11-12H,3-4,9-10,13-14H2,1-2H3. The van der Waals surface area contributed by atoms with E-state index >= 15 is 0 Å². The molecule has 0 aromatic heterocycles. The molecule has 9 nitrogen and oxygen atoms in total. The average Bonchev–Trinajstić information content (AvgIpc) is 3.48. The van der Waals surface area contributed by atoms with Gasteiger partial charge < -0.3 is 19.1 Å². The van der Waals surface area contributed by atoms with E-state index in [0.717, 1.165) is 30.2 Å². The summed E-state index contributed by atoms with van der Waals surface area (Å²) in [5, 5.41) is 0. The summed E-state index contributed by atoms with van der Waals surface area (Å²) in [4.78, 5) is 27.5. The normalized spacial score (nSPS) is 15.3. The molecule has 0 aliphatic carbocycles. The second-order valence-electron chi connectivity index (χ2n) is 7.73. The van der Waals surface area contributed by atoms with Crippen molar-refractivity contribution in [2.75, 3.05) is 45.5 Å². The second kappa shape index (κ2) is 8.79. The summed E-state index contributed by atoms with van der Waals surface area (Å²) < 4.78 is 42.0. The summed E-state index contributed by atoms with van der Waals surface area (Å²) in [5.74, 6) is -0.152. The largest absolute Gasteiger partial charge is 0.454 e. The summed E-state index contributed by atoms with van der Waals surface area (Å²) in [5.41, 5.74) is 1.04. The predicted molar refractivity (Wildman–Crippen MR) is 116 cm³/mol. The maximum Gasteiger partial charge on any atom is 0.340 e. The van der Waals surface area contributed by atoms with E-state index < -0.39 is 28.4 Å². The van der Waals surface area contributed by atoms with Gasteiger partial charge >= 0.3 is 5.97 Å². The van der Waals surface area contributed by atoms with Crippen LogP contribution in [0, 0.1) is 0 Å². The first kappa shape index (κ1) is 22.1. The Labute approximate surface area is 186 Å². The molecule has 1 saturated heterocycles. The molecule has 10 heteroatoms. The van der Waals surface area contributed by atoms with E-state index in [0.29, 0.717) is 22.7 Å². The summed E-state index contributed by atoms with van der Waals surface area (Å²) in [6, 6.07) is 9.16. The zero-order valence-electron chi connectivity index (χ0n) is 17.9. The van der Waals surface area contributed by atoms with Crippen LogP contribution in [0.2, 0.25) is 0 Å². The van der Waals surface area contributed by atoms with Crippen LogP contribution >= 0.6 is 0 Å². The van der Waals surface area contributed by atoms with Crippen LogP contribution in [0.1, 0.15) is 33.6 Å². The zero-order chi connectivity index (χ0) is 22.9. The lowest BCUT2D eigenvalue weighted by Gasteiger charge is -2.22. The summed E-state index contributed by atoms with van der Waals surface area (Å²) in [7, 11) is -0.894. The van der Waals surface area contributed by atoms with Gasteiger partial charge in [-0.25, -0.2) is 17.5 Å². The van der Waals surface area contributed by atoms with Gasteiger partial charge in [-0.3, -0.25) is 4.79 Å². The third-order valence-electron chi connectivity index (χ3n) is 5.44. The van der Waals surface area contributed by atoms with Gasteiger partial charge in [0.2, 0.25) is 16.8 Å². The Hall–Kier alpha value is -3.11. The van der Waals surface area contributed by atoms with Crippen LogP contribution in [0.25, 0.3) is 0 Å². The van der Waals surface area contributed by atoms with E-state index in [9.17, 15) is 18.0 Å². The van der Waals surface area contributed by atoms with Gasteiger partial charge in [0.25, 0.3) is 0 Å². The molecule has 2 aliphatic heterocycles. The highest BCUT2D eigenvalue weighted by molar-refractivity contribution is 7.89.